The number of fused-ring (bicyclic) bond motifs is 17. The lowest BCUT2D eigenvalue weighted by atomic mass is 9.92. The second-order valence-corrected chi connectivity index (χ2v) is 19.8. The number of rotatable bonds is 6. The van der Waals surface area contributed by atoms with Gasteiger partial charge in [0.15, 0.2) is 28.6 Å². The first-order chi connectivity index (χ1) is 38.1. The SMILES string of the molecule is c1ccc(-c2cc(-c3nc(-c4ccc5c(c4)oc4ccccc45)nc(-c4ccc5c(c4)oc4ccccc45)n3)cc(-c3ccccc3)c2-n2c3ccccc3c3c4oc5c(ccc6c7ccccc7oc65)c4ccc32)cc1. The fourth-order valence-electron chi connectivity index (χ4n) is 11.9. The Kier molecular flexibility index (Phi) is 8.68. The molecule has 0 aliphatic rings. The Labute approximate surface area is 437 Å². The van der Waals surface area contributed by atoms with E-state index in [-0.39, 0.29) is 0 Å². The smallest absolute Gasteiger partial charge is 0.178 e. The lowest BCUT2D eigenvalue weighted by Gasteiger charge is -2.21. The van der Waals surface area contributed by atoms with Crippen molar-refractivity contribution in [3.05, 3.63) is 231 Å². The third kappa shape index (κ3) is 6.24. The molecule has 17 aromatic rings. The Morgan fingerprint density at radius 1 is 0.260 bits per heavy atom. The second-order valence-electron chi connectivity index (χ2n) is 19.8. The molecule has 17 rings (SSSR count). The molecule has 0 fully saturated rings. The first kappa shape index (κ1) is 41.9. The van der Waals surface area contributed by atoms with Crippen molar-refractivity contribution in [1.29, 1.82) is 0 Å². The van der Waals surface area contributed by atoms with Crippen LogP contribution in [0.15, 0.2) is 248 Å². The summed E-state index contributed by atoms with van der Waals surface area (Å²) in [7, 11) is 0. The molecule has 0 saturated carbocycles. The molecule has 0 saturated heterocycles. The molecule has 8 heteroatoms. The minimum atomic E-state index is 0.515. The van der Waals surface area contributed by atoms with E-state index in [0.717, 1.165) is 154 Å². The summed E-state index contributed by atoms with van der Waals surface area (Å²) in [6.45, 7) is 0. The maximum atomic E-state index is 7.10. The van der Waals surface area contributed by atoms with Gasteiger partial charge >= 0.3 is 0 Å². The molecule has 0 N–H and O–H groups in total. The minimum absolute atomic E-state index is 0.515. The monoisotopic (exact) mass is 986 g/mol. The standard InChI is InChI=1S/C69H38N4O4/c1-3-15-39(16-4-1)53-35-43(69-71-67(41-27-29-47-44-19-8-12-24-57(44)74-60(47)37-41)70-68(72-69)42-28-30-48-45-20-9-13-25-58(45)75-61(48)38-42)36-54(40-17-5-2-6-18-40)63(53)73-55-23-11-7-22-52(55)62-56(73)34-33-50-51-32-31-49-46-21-10-14-26-59(46)76-65(49)66(51)77-64(50)62/h1-38H. The zero-order chi connectivity index (χ0) is 50.3. The summed E-state index contributed by atoms with van der Waals surface area (Å²) < 4.78 is 28.9. The van der Waals surface area contributed by atoms with E-state index < -0.39 is 0 Å². The number of benzene rings is 11. The molecule has 0 atom stereocenters. The van der Waals surface area contributed by atoms with E-state index in [1.165, 1.54) is 0 Å². The highest BCUT2D eigenvalue weighted by Crippen LogP contribution is 2.48. The molecule has 8 nitrogen and oxygen atoms in total. The van der Waals surface area contributed by atoms with Crippen molar-refractivity contribution in [2.75, 3.05) is 0 Å². The van der Waals surface area contributed by atoms with Crippen molar-refractivity contribution in [3.8, 4) is 62.1 Å². The number of hydrogen-bond donors (Lipinski definition) is 0. The van der Waals surface area contributed by atoms with E-state index in [4.69, 9.17) is 32.6 Å². The average molecular weight is 987 g/mol. The van der Waals surface area contributed by atoms with Gasteiger partial charge in [0.05, 0.1) is 22.1 Å². The normalized spacial score (nSPS) is 12.2. The molecule has 0 radical (unpaired) electrons. The van der Waals surface area contributed by atoms with E-state index in [0.29, 0.717) is 17.5 Å². The highest BCUT2D eigenvalue weighted by Gasteiger charge is 2.26. The van der Waals surface area contributed by atoms with Gasteiger partial charge in [-0.05, 0) is 96.1 Å². The molecule has 0 aliphatic heterocycles. The van der Waals surface area contributed by atoms with Gasteiger partial charge in [-0.15, -0.1) is 0 Å². The van der Waals surface area contributed by atoms with Crippen LogP contribution in [0, 0.1) is 0 Å². The van der Waals surface area contributed by atoms with Crippen molar-refractivity contribution < 1.29 is 17.7 Å². The van der Waals surface area contributed by atoms with Crippen molar-refractivity contribution >= 4 is 110 Å². The van der Waals surface area contributed by atoms with Gasteiger partial charge < -0.3 is 22.2 Å². The van der Waals surface area contributed by atoms with Crippen LogP contribution in [0.1, 0.15) is 0 Å². The van der Waals surface area contributed by atoms with Crippen LogP contribution in [0.2, 0.25) is 0 Å². The molecule has 0 unspecified atom stereocenters. The summed E-state index contributed by atoms with van der Waals surface area (Å²) >= 11 is 0. The first-order valence-corrected chi connectivity index (χ1v) is 25.7. The highest BCUT2D eigenvalue weighted by atomic mass is 16.4. The maximum absolute atomic E-state index is 7.10. The van der Waals surface area contributed by atoms with E-state index in [1.54, 1.807) is 0 Å². The van der Waals surface area contributed by atoms with Crippen LogP contribution < -0.4 is 0 Å². The minimum Gasteiger partial charge on any atom is -0.456 e. The summed E-state index contributed by atoms with van der Waals surface area (Å²) in [6, 6.07) is 79.9. The number of aromatic nitrogens is 4. The van der Waals surface area contributed by atoms with Gasteiger partial charge in [0.1, 0.15) is 33.5 Å². The molecule has 77 heavy (non-hydrogen) atoms. The molecular weight excluding hydrogens is 949 g/mol. The lowest BCUT2D eigenvalue weighted by molar-refractivity contribution is 0.635. The van der Waals surface area contributed by atoms with E-state index >= 15 is 0 Å². The summed E-state index contributed by atoms with van der Waals surface area (Å²) in [5.41, 5.74) is 15.8. The number of nitrogens with zero attached hydrogens (tertiary/aromatic N) is 4. The van der Waals surface area contributed by atoms with Gasteiger partial charge in [0, 0.05) is 76.3 Å². The summed E-state index contributed by atoms with van der Waals surface area (Å²) in [5.74, 6) is 1.55. The second kappa shape index (κ2) is 16.0. The van der Waals surface area contributed by atoms with Gasteiger partial charge in [-0.25, -0.2) is 15.0 Å². The van der Waals surface area contributed by atoms with E-state index in [1.807, 2.05) is 66.7 Å². The number of furan rings is 4. The fraction of sp³-hybridized carbons (Fsp3) is 0. The van der Waals surface area contributed by atoms with Crippen LogP contribution in [0.3, 0.4) is 0 Å². The molecule has 6 aromatic heterocycles. The van der Waals surface area contributed by atoms with Crippen LogP contribution in [-0.4, -0.2) is 19.5 Å². The first-order valence-electron chi connectivity index (χ1n) is 25.7. The van der Waals surface area contributed by atoms with Gasteiger partial charge in [0.2, 0.25) is 0 Å². The Hall–Kier alpha value is -10.6. The van der Waals surface area contributed by atoms with Crippen LogP contribution in [0.5, 0.6) is 0 Å². The maximum Gasteiger partial charge on any atom is 0.178 e. The molecule has 358 valence electrons. The Bertz CT molecular complexity index is 5100. The van der Waals surface area contributed by atoms with Crippen molar-refractivity contribution in [2.45, 2.75) is 0 Å². The largest absolute Gasteiger partial charge is 0.456 e. The lowest BCUT2D eigenvalue weighted by Crippen LogP contribution is -2.04. The quantitative estimate of drug-likeness (QED) is 0.164. The van der Waals surface area contributed by atoms with Crippen LogP contribution in [0.25, 0.3) is 172 Å². The summed E-state index contributed by atoms with van der Waals surface area (Å²) in [4.78, 5) is 16.0. The Morgan fingerprint density at radius 2 is 0.675 bits per heavy atom. The Morgan fingerprint density at radius 3 is 1.26 bits per heavy atom. The van der Waals surface area contributed by atoms with Crippen LogP contribution in [-0.2, 0) is 0 Å². The number of hydrogen-bond acceptors (Lipinski definition) is 7. The summed E-state index contributed by atoms with van der Waals surface area (Å²) in [5, 5.41) is 10.4. The van der Waals surface area contributed by atoms with Crippen molar-refractivity contribution in [1.82, 2.24) is 19.5 Å². The molecule has 0 spiro atoms. The van der Waals surface area contributed by atoms with Gasteiger partial charge in [0.25, 0.3) is 0 Å². The molecule has 11 aromatic carbocycles. The third-order valence-corrected chi connectivity index (χ3v) is 15.5. The number of para-hydroxylation sites is 4. The van der Waals surface area contributed by atoms with Crippen LogP contribution in [0.4, 0.5) is 0 Å². The van der Waals surface area contributed by atoms with Crippen LogP contribution >= 0.6 is 0 Å². The molecular formula is C69H38N4O4. The van der Waals surface area contributed by atoms with Gasteiger partial charge in [-0.1, -0.05) is 146 Å². The van der Waals surface area contributed by atoms with Crippen molar-refractivity contribution in [2.24, 2.45) is 0 Å². The van der Waals surface area contributed by atoms with E-state index in [9.17, 15) is 0 Å². The fourth-order valence-corrected chi connectivity index (χ4v) is 11.9. The van der Waals surface area contributed by atoms with E-state index in [2.05, 4.69) is 168 Å². The third-order valence-electron chi connectivity index (χ3n) is 15.5. The Balaban J connectivity index is 0.940. The predicted octanol–water partition coefficient (Wildman–Crippen LogP) is 18.9. The summed E-state index contributed by atoms with van der Waals surface area (Å²) in [6.07, 6.45) is 0. The molecule has 6 heterocycles. The van der Waals surface area contributed by atoms with Gasteiger partial charge in [-0.3, -0.25) is 0 Å². The molecule has 0 amide bonds. The molecule has 0 bridgehead atoms. The topological polar surface area (TPSA) is 96.2 Å². The highest BCUT2D eigenvalue weighted by molar-refractivity contribution is 6.27. The average Bonchev–Trinajstić information content (AvgIpc) is 4.52. The molecule has 0 aliphatic carbocycles. The van der Waals surface area contributed by atoms with Crippen molar-refractivity contribution in [3.63, 3.8) is 0 Å². The predicted molar refractivity (Wildman–Crippen MR) is 310 cm³/mol. The zero-order valence-electron chi connectivity index (χ0n) is 40.9. The zero-order valence-corrected chi connectivity index (χ0v) is 40.9. The van der Waals surface area contributed by atoms with Gasteiger partial charge in [-0.2, -0.15) is 0 Å².